The first-order valence-electron chi connectivity index (χ1n) is 11.1. The van der Waals surface area contributed by atoms with Gasteiger partial charge in [0.25, 0.3) is 11.8 Å². The maximum absolute atomic E-state index is 13.1. The molecule has 3 N–H and O–H groups in total. The average molecular weight is 511 g/mol. The van der Waals surface area contributed by atoms with Gasteiger partial charge in [-0.3, -0.25) is 15.0 Å². The lowest BCUT2D eigenvalue weighted by Crippen LogP contribution is -2.27. The predicted molar refractivity (Wildman–Crippen MR) is 139 cm³/mol. The average Bonchev–Trinajstić information content (AvgIpc) is 3.41. The van der Waals surface area contributed by atoms with Gasteiger partial charge < -0.3 is 20.3 Å². The lowest BCUT2D eigenvalue weighted by molar-refractivity contribution is 0.102. The summed E-state index contributed by atoms with van der Waals surface area (Å²) in [6.45, 7) is 1.75. The van der Waals surface area contributed by atoms with Crippen molar-refractivity contribution in [2.75, 3.05) is 30.8 Å². The molecule has 0 unspecified atom stereocenters. The van der Waals surface area contributed by atoms with Crippen molar-refractivity contribution in [1.29, 1.82) is 5.41 Å². The zero-order valence-electron chi connectivity index (χ0n) is 19.0. The van der Waals surface area contributed by atoms with Crippen molar-refractivity contribution in [1.82, 2.24) is 4.90 Å². The summed E-state index contributed by atoms with van der Waals surface area (Å²) in [4.78, 5) is 28.2. The molecule has 0 spiro atoms. The number of hydrogen-bond acceptors (Lipinski definition) is 4. The number of rotatable bonds is 6. The number of benzene rings is 3. The number of ether oxygens (including phenoxy) is 1. The molecular weight excluding hydrogens is 487 g/mol. The third-order valence-electron chi connectivity index (χ3n) is 5.71. The molecule has 1 aliphatic heterocycles. The highest BCUT2D eigenvalue weighted by Gasteiger charge is 2.21. The van der Waals surface area contributed by atoms with Crippen molar-refractivity contribution in [3.05, 3.63) is 87.4 Å². The van der Waals surface area contributed by atoms with E-state index in [1.165, 1.54) is 19.2 Å². The number of nitrogens with zero attached hydrogens (tertiary/aromatic N) is 1. The van der Waals surface area contributed by atoms with Gasteiger partial charge in [-0.2, -0.15) is 0 Å². The number of likely N-dealkylation sites (tertiary alicyclic amines) is 1. The van der Waals surface area contributed by atoms with E-state index >= 15 is 0 Å². The number of methoxy groups -OCH3 is 1. The Morgan fingerprint density at radius 1 is 0.857 bits per heavy atom. The molecular formula is C26H24Cl2N4O3. The predicted octanol–water partition coefficient (Wildman–Crippen LogP) is 5.93. The molecule has 3 aromatic carbocycles. The number of carbonyl (C=O) groups is 2. The van der Waals surface area contributed by atoms with E-state index in [1.807, 2.05) is 4.90 Å². The Hall–Kier alpha value is -3.55. The van der Waals surface area contributed by atoms with Crippen LogP contribution < -0.4 is 15.4 Å². The molecule has 7 nitrogen and oxygen atoms in total. The van der Waals surface area contributed by atoms with Crippen molar-refractivity contribution in [2.45, 2.75) is 12.8 Å². The van der Waals surface area contributed by atoms with Crippen molar-refractivity contribution >= 4 is 52.2 Å². The van der Waals surface area contributed by atoms with Crippen LogP contribution in [0.1, 0.15) is 39.1 Å². The highest BCUT2D eigenvalue weighted by molar-refractivity contribution is 6.32. The van der Waals surface area contributed by atoms with Crippen molar-refractivity contribution in [3.8, 4) is 5.75 Å². The molecule has 35 heavy (non-hydrogen) atoms. The summed E-state index contributed by atoms with van der Waals surface area (Å²) >= 11 is 12.1. The fraction of sp³-hybridized carbons (Fsp3) is 0.192. The monoisotopic (exact) mass is 510 g/mol. The topological polar surface area (TPSA) is 94.5 Å². The molecule has 0 aliphatic carbocycles. The van der Waals surface area contributed by atoms with Crippen LogP contribution in [0.25, 0.3) is 0 Å². The summed E-state index contributed by atoms with van der Waals surface area (Å²) in [6, 6.07) is 16.5. The van der Waals surface area contributed by atoms with Gasteiger partial charge >= 0.3 is 0 Å². The van der Waals surface area contributed by atoms with Gasteiger partial charge in [-0.1, -0.05) is 35.3 Å². The molecule has 4 rings (SSSR count). The summed E-state index contributed by atoms with van der Waals surface area (Å²) in [6.07, 6.45) is 2.17. The largest absolute Gasteiger partial charge is 0.494 e. The van der Waals surface area contributed by atoms with Crippen molar-refractivity contribution in [2.24, 2.45) is 0 Å². The molecule has 1 saturated heterocycles. The smallest absolute Gasteiger partial charge is 0.257 e. The van der Waals surface area contributed by atoms with E-state index in [-0.39, 0.29) is 22.0 Å². The van der Waals surface area contributed by atoms with E-state index in [0.717, 1.165) is 31.5 Å². The van der Waals surface area contributed by atoms with E-state index in [9.17, 15) is 9.59 Å². The zero-order chi connectivity index (χ0) is 24.9. The Morgan fingerprint density at radius 3 is 2.11 bits per heavy atom. The van der Waals surface area contributed by atoms with Crippen LogP contribution in [-0.4, -0.2) is 42.7 Å². The Kier molecular flexibility index (Phi) is 7.58. The third kappa shape index (κ3) is 5.75. The second-order valence-electron chi connectivity index (χ2n) is 8.07. The lowest BCUT2D eigenvalue weighted by Gasteiger charge is -2.19. The lowest BCUT2D eigenvalue weighted by atomic mass is 10.1. The summed E-state index contributed by atoms with van der Waals surface area (Å²) < 4.78 is 5.40. The zero-order valence-corrected chi connectivity index (χ0v) is 20.5. The maximum atomic E-state index is 13.1. The molecule has 1 fully saturated rings. The summed E-state index contributed by atoms with van der Waals surface area (Å²) in [5.41, 5.74) is 2.00. The molecule has 0 radical (unpaired) electrons. The van der Waals surface area contributed by atoms with Crippen molar-refractivity contribution < 1.29 is 14.3 Å². The molecule has 0 atom stereocenters. The normalized spacial score (nSPS) is 12.8. The van der Waals surface area contributed by atoms with Crippen LogP contribution in [0.3, 0.4) is 0 Å². The minimum Gasteiger partial charge on any atom is -0.494 e. The molecule has 3 aromatic rings. The van der Waals surface area contributed by atoms with Crippen LogP contribution in [0, 0.1) is 5.41 Å². The second kappa shape index (κ2) is 10.8. The Bertz CT molecular complexity index is 1250. The van der Waals surface area contributed by atoms with E-state index in [0.29, 0.717) is 22.1 Å². The van der Waals surface area contributed by atoms with E-state index < -0.39 is 11.8 Å². The SMILES string of the molecule is COc1cc(Cl)cc(C(=O)Nc2ccc(Cl)cc2)c1NC(=O)c1ccc(C(=N)N2CCCC2)cc1. The van der Waals surface area contributed by atoms with Gasteiger partial charge in [0.05, 0.1) is 18.4 Å². The van der Waals surface area contributed by atoms with Gasteiger partial charge in [0.2, 0.25) is 0 Å². The fourth-order valence-corrected chi connectivity index (χ4v) is 4.21. The van der Waals surface area contributed by atoms with E-state index in [4.69, 9.17) is 33.3 Å². The summed E-state index contributed by atoms with van der Waals surface area (Å²) in [5, 5.41) is 14.8. The van der Waals surface area contributed by atoms with Crippen LogP contribution in [0.5, 0.6) is 5.75 Å². The molecule has 1 aliphatic rings. The highest BCUT2D eigenvalue weighted by Crippen LogP contribution is 2.33. The number of carbonyl (C=O) groups excluding carboxylic acids is 2. The summed E-state index contributed by atoms with van der Waals surface area (Å²) in [7, 11) is 1.43. The second-order valence-corrected chi connectivity index (χ2v) is 8.94. The number of halogens is 2. The number of amides is 2. The molecule has 0 saturated carbocycles. The van der Waals surface area contributed by atoms with Crippen LogP contribution in [0.4, 0.5) is 11.4 Å². The van der Waals surface area contributed by atoms with Crippen LogP contribution in [0.2, 0.25) is 10.0 Å². The quantitative estimate of drug-likeness (QED) is 0.283. The molecule has 0 bridgehead atoms. The molecule has 9 heteroatoms. The standard InChI is InChI=1S/C26H24Cl2N4O3/c1-35-22-15-19(28)14-21(26(34)30-20-10-8-18(27)9-11-20)23(22)31-25(33)17-6-4-16(5-7-17)24(29)32-12-2-3-13-32/h4-11,14-15,29H,2-3,12-13H2,1H3,(H,30,34)(H,31,33). The summed E-state index contributed by atoms with van der Waals surface area (Å²) in [5.74, 6) is -0.197. The first kappa shape index (κ1) is 24.6. The minimum absolute atomic E-state index is 0.144. The number of nitrogens with one attached hydrogen (secondary N) is 3. The van der Waals surface area contributed by atoms with E-state index in [1.54, 1.807) is 48.5 Å². The minimum atomic E-state index is -0.474. The number of amidine groups is 1. The molecule has 0 aromatic heterocycles. The van der Waals surface area contributed by atoms with Crippen molar-refractivity contribution in [3.63, 3.8) is 0 Å². The van der Waals surface area contributed by atoms with Crippen LogP contribution >= 0.6 is 23.2 Å². The molecule has 2 amide bonds. The van der Waals surface area contributed by atoms with E-state index in [2.05, 4.69) is 10.6 Å². The van der Waals surface area contributed by atoms with Crippen LogP contribution in [0.15, 0.2) is 60.7 Å². The first-order chi connectivity index (χ1) is 16.9. The first-order valence-corrected chi connectivity index (χ1v) is 11.8. The fourth-order valence-electron chi connectivity index (χ4n) is 3.87. The number of hydrogen-bond donors (Lipinski definition) is 3. The van der Waals surface area contributed by atoms with Gasteiger partial charge in [0.15, 0.2) is 0 Å². The van der Waals surface area contributed by atoms with Crippen LogP contribution in [-0.2, 0) is 0 Å². The Balaban J connectivity index is 1.56. The Labute approximate surface area is 213 Å². The highest BCUT2D eigenvalue weighted by atomic mass is 35.5. The van der Waals surface area contributed by atoms with Gasteiger partial charge in [0, 0.05) is 46.0 Å². The van der Waals surface area contributed by atoms with Gasteiger partial charge in [-0.15, -0.1) is 0 Å². The Morgan fingerprint density at radius 2 is 1.49 bits per heavy atom. The van der Waals surface area contributed by atoms with Gasteiger partial charge in [-0.05, 0) is 55.3 Å². The number of anilines is 2. The molecule has 180 valence electrons. The van der Waals surface area contributed by atoms with Gasteiger partial charge in [-0.25, -0.2) is 0 Å². The molecule has 1 heterocycles. The maximum Gasteiger partial charge on any atom is 0.257 e. The third-order valence-corrected chi connectivity index (χ3v) is 6.19. The van der Waals surface area contributed by atoms with Gasteiger partial charge in [0.1, 0.15) is 11.6 Å².